The Kier molecular flexibility index (Phi) is 6.16. The highest BCUT2D eigenvalue weighted by Gasteiger charge is 2.33. The first-order valence-corrected chi connectivity index (χ1v) is 7.04. The van der Waals surface area contributed by atoms with E-state index >= 15 is 0 Å². The third kappa shape index (κ3) is 4.13. The van der Waals surface area contributed by atoms with Crippen LogP contribution in [0.5, 0.6) is 5.75 Å². The number of carbonyl (C=O) groups is 1. The minimum Gasteiger partial charge on any atom is -0.492 e. The summed E-state index contributed by atoms with van der Waals surface area (Å²) < 4.78 is 5.58. The lowest BCUT2D eigenvalue weighted by Crippen LogP contribution is -2.30. The summed E-state index contributed by atoms with van der Waals surface area (Å²) in [5.41, 5.74) is -0.621. The Morgan fingerprint density at radius 3 is 2.47 bits per heavy atom. The van der Waals surface area contributed by atoms with Gasteiger partial charge in [0, 0.05) is 0 Å². The van der Waals surface area contributed by atoms with Crippen LogP contribution in [0.1, 0.15) is 39.5 Å². The number of halogens is 1. The molecule has 106 valence electrons. The van der Waals surface area contributed by atoms with Crippen molar-refractivity contribution < 1.29 is 14.6 Å². The highest BCUT2D eigenvalue weighted by atomic mass is 35.5. The first-order chi connectivity index (χ1) is 9.05. The number of ether oxygens (including phenoxy) is 1. The van der Waals surface area contributed by atoms with E-state index in [-0.39, 0.29) is 0 Å². The fourth-order valence-electron chi connectivity index (χ4n) is 2.17. The van der Waals surface area contributed by atoms with Crippen LogP contribution in [0, 0.1) is 5.41 Å². The fourth-order valence-corrected chi connectivity index (χ4v) is 2.36. The molecule has 0 aromatic heterocycles. The molecule has 0 fully saturated rings. The van der Waals surface area contributed by atoms with Gasteiger partial charge in [-0.05, 0) is 37.8 Å². The van der Waals surface area contributed by atoms with Crippen molar-refractivity contribution in [1.82, 2.24) is 0 Å². The van der Waals surface area contributed by atoms with Gasteiger partial charge < -0.3 is 9.84 Å². The Morgan fingerprint density at radius 2 is 1.95 bits per heavy atom. The van der Waals surface area contributed by atoms with Gasteiger partial charge in [-0.1, -0.05) is 37.6 Å². The monoisotopic (exact) mass is 284 g/mol. The lowest BCUT2D eigenvalue weighted by atomic mass is 9.78. The molecular formula is C15H21ClO3. The molecule has 0 bridgehead atoms. The van der Waals surface area contributed by atoms with Gasteiger partial charge in [0.2, 0.25) is 0 Å². The Balaban J connectivity index is 2.46. The third-order valence-corrected chi connectivity index (χ3v) is 4.01. The van der Waals surface area contributed by atoms with E-state index in [0.717, 1.165) is 0 Å². The van der Waals surface area contributed by atoms with E-state index in [4.69, 9.17) is 16.3 Å². The number of aliphatic carboxylic acids is 1. The summed E-state index contributed by atoms with van der Waals surface area (Å²) in [4.78, 5) is 11.3. The highest BCUT2D eigenvalue weighted by Crippen LogP contribution is 2.32. The molecule has 0 aliphatic rings. The smallest absolute Gasteiger partial charge is 0.309 e. The Morgan fingerprint density at radius 1 is 1.32 bits per heavy atom. The van der Waals surface area contributed by atoms with Crippen LogP contribution in [0.3, 0.4) is 0 Å². The van der Waals surface area contributed by atoms with Crippen molar-refractivity contribution in [3.63, 3.8) is 0 Å². The van der Waals surface area contributed by atoms with Crippen molar-refractivity contribution >= 4 is 17.6 Å². The van der Waals surface area contributed by atoms with E-state index in [1.807, 2.05) is 32.0 Å². The molecule has 0 aliphatic carbocycles. The molecule has 0 saturated heterocycles. The van der Waals surface area contributed by atoms with Gasteiger partial charge in [0.25, 0.3) is 0 Å². The molecule has 0 spiro atoms. The molecule has 0 heterocycles. The van der Waals surface area contributed by atoms with E-state index in [1.54, 1.807) is 6.07 Å². The van der Waals surface area contributed by atoms with Crippen molar-refractivity contribution in [3.05, 3.63) is 29.3 Å². The van der Waals surface area contributed by atoms with Crippen molar-refractivity contribution in [2.75, 3.05) is 6.61 Å². The standard InChI is InChI=1S/C15H21ClO3/c1-3-15(4-2,14(17)18)10-7-11-19-13-9-6-5-8-12(13)16/h5-6,8-9H,3-4,7,10-11H2,1-2H3,(H,17,18). The summed E-state index contributed by atoms with van der Waals surface area (Å²) in [7, 11) is 0. The molecule has 0 unspecified atom stereocenters. The number of para-hydroxylation sites is 1. The summed E-state index contributed by atoms with van der Waals surface area (Å²) in [6, 6.07) is 7.29. The molecule has 0 amide bonds. The number of carboxylic acid groups (broad SMARTS) is 1. The predicted molar refractivity (Wildman–Crippen MR) is 76.8 cm³/mol. The van der Waals surface area contributed by atoms with Crippen LogP contribution >= 0.6 is 11.6 Å². The topological polar surface area (TPSA) is 46.5 Å². The minimum absolute atomic E-state index is 0.485. The molecule has 1 rings (SSSR count). The molecule has 0 aliphatic heterocycles. The van der Waals surface area contributed by atoms with Gasteiger partial charge in [-0.3, -0.25) is 4.79 Å². The summed E-state index contributed by atoms with van der Waals surface area (Å²) in [6.07, 6.45) is 2.62. The van der Waals surface area contributed by atoms with Gasteiger partial charge in [0.1, 0.15) is 5.75 Å². The zero-order valence-corrected chi connectivity index (χ0v) is 12.2. The van der Waals surface area contributed by atoms with Gasteiger partial charge in [-0.2, -0.15) is 0 Å². The van der Waals surface area contributed by atoms with Gasteiger partial charge in [0.15, 0.2) is 0 Å². The molecular weight excluding hydrogens is 264 g/mol. The van der Waals surface area contributed by atoms with Gasteiger partial charge in [-0.25, -0.2) is 0 Å². The summed E-state index contributed by atoms with van der Waals surface area (Å²) in [5, 5.41) is 9.90. The fraction of sp³-hybridized carbons (Fsp3) is 0.533. The second-order valence-electron chi connectivity index (χ2n) is 4.68. The second kappa shape index (κ2) is 7.39. The highest BCUT2D eigenvalue weighted by molar-refractivity contribution is 6.32. The van der Waals surface area contributed by atoms with Crippen LogP contribution in [0.25, 0.3) is 0 Å². The van der Waals surface area contributed by atoms with E-state index in [0.29, 0.717) is 43.1 Å². The lowest BCUT2D eigenvalue weighted by Gasteiger charge is -2.26. The number of hydrogen-bond acceptors (Lipinski definition) is 2. The van der Waals surface area contributed by atoms with Crippen molar-refractivity contribution in [1.29, 1.82) is 0 Å². The normalized spacial score (nSPS) is 11.3. The number of benzene rings is 1. The molecule has 1 aromatic carbocycles. The maximum absolute atomic E-state index is 11.3. The average molecular weight is 285 g/mol. The quantitative estimate of drug-likeness (QED) is 0.720. The SMILES string of the molecule is CCC(CC)(CCCOc1ccccc1Cl)C(=O)O. The van der Waals surface area contributed by atoms with E-state index in [2.05, 4.69) is 0 Å². The zero-order valence-electron chi connectivity index (χ0n) is 11.5. The summed E-state index contributed by atoms with van der Waals surface area (Å²) in [6.45, 7) is 4.33. The van der Waals surface area contributed by atoms with Crippen molar-refractivity contribution in [3.8, 4) is 5.75 Å². The number of carboxylic acids is 1. The van der Waals surface area contributed by atoms with Crippen LogP contribution in [-0.2, 0) is 4.79 Å². The van der Waals surface area contributed by atoms with Gasteiger partial charge in [-0.15, -0.1) is 0 Å². The zero-order chi connectivity index (χ0) is 14.3. The Bertz CT molecular complexity index is 414. The van der Waals surface area contributed by atoms with Crippen LogP contribution in [0.15, 0.2) is 24.3 Å². The largest absolute Gasteiger partial charge is 0.492 e. The first kappa shape index (κ1) is 15.8. The van der Waals surface area contributed by atoms with Crippen LogP contribution in [0.2, 0.25) is 5.02 Å². The minimum atomic E-state index is -0.713. The third-order valence-electron chi connectivity index (χ3n) is 3.70. The van der Waals surface area contributed by atoms with Crippen molar-refractivity contribution in [2.45, 2.75) is 39.5 Å². The predicted octanol–water partition coefficient (Wildman–Crippen LogP) is 4.39. The molecule has 19 heavy (non-hydrogen) atoms. The molecule has 0 atom stereocenters. The molecule has 4 heteroatoms. The average Bonchev–Trinajstić information content (AvgIpc) is 2.41. The molecule has 1 aromatic rings. The number of hydrogen-bond donors (Lipinski definition) is 1. The molecule has 0 radical (unpaired) electrons. The number of rotatable bonds is 8. The Hall–Kier alpha value is -1.22. The molecule has 1 N–H and O–H groups in total. The van der Waals surface area contributed by atoms with E-state index in [1.165, 1.54) is 0 Å². The second-order valence-corrected chi connectivity index (χ2v) is 5.08. The Labute approximate surface area is 119 Å². The van der Waals surface area contributed by atoms with Crippen LogP contribution in [0.4, 0.5) is 0 Å². The van der Waals surface area contributed by atoms with Gasteiger partial charge >= 0.3 is 5.97 Å². The lowest BCUT2D eigenvalue weighted by molar-refractivity contribution is -0.150. The van der Waals surface area contributed by atoms with E-state index in [9.17, 15) is 9.90 Å². The summed E-state index contributed by atoms with van der Waals surface area (Å²) >= 11 is 5.98. The van der Waals surface area contributed by atoms with E-state index < -0.39 is 11.4 Å². The molecule has 0 saturated carbocycles. The van der Waals surface area contributed by atoms with Gasteiger partial charge in [0.05, 0.1) is 17.0 Å². The van der Waals surface area contributed by atoms with Crippen LogP contribution in [-0.4, -0.2) is 17.7 Å². The van der Waals surface area contributed by atoms with Crippen LogP contribution < -0.4 is 4.74 Å². The summed E-state index contributed by atoms with van der Waals surface area (Å²) in [5.74, 6) is -0.0617. The molecule has 3 nitrogen and oxygen atoms in total. The van der Waals surface area contributed by atoms with Crippen molar-refractivity contribution in [2.24, 2.45) is 5.41 Å². The first-order valence-electron chi connectivity index (χ1n) is 6.66. The maximum Gasteiger partial charge on any atom is 0.309 e. The maximum atomic E-state index is 11.3.